The average molecular weight is 391 g/mol. The Labute approximate surface area is 163 Å². The van der Waals surface area contributed by atoms with Crippen LogP contribution in [0, 0.1) is 5.82 Å². The van der Waals surface area contributed by atoms with Crippen molar-refractivity contribution in [3.05, 3.63) is 53.1 Å². The molecular formula is C20H24ClFN4O. The molecule has 2 aromatic heterocycles. The van der Waals surface area contributed by atoms with Crippen molar-refractivity contribution >= 4 is 29.4 Å². The van der Waals surface area contributed by atoms with Gasteiger partial charge >= 0.3 is 0 Å². The van der Waals surface area contributed by atoms with E-state index in [9.17, 15) is 4.39 Å². The van der Waals surface area contributed by atoms with Crippen molar-refractivity contribution in [2.45, 2.75) is 26.8 Å². The first-order valence-corrected chi connectivity index (χ1v) is 9.10. The summed E-state index contributed by atoms with van der Waals surface area (Å²) in [6.45, 7) is 4.86. The maximum Gasteiger partial charge on any atom is 0.138 e. The minimum Gasteiger partial charge on any atom is -0.359 e. The van der Waals surface area contributed by atoms with E-state index in [0.29, 0.717) is 11.6 Å². The number of benzene rings is 1. The van der Waals surface area contributed by atoms with Gasteiger partial charge in [-0.2, -0.15) is 0 Å². The van der Waals surface area contributed by atoms with Crippen LogP contribution in [0.4, 0.5) is 10.2 Å². The van der Waals surface area contributed by atoms with Gasteiger partial charge in [0.1, 0.15) is 23.6 Å². The Morgan fingerprint density at radius 1 is 1.33 bits per heavy atom. The zero-order chi connectivity index (χ0) is 20.0. The molecule has 3 rings (SSSR count). The first-order chi connectivity index (χ1) is 13.0. The Morgan fingerprint density at radius 3 is 2.63 bits per heavy atom. The van der Waals surface area contributed by atoms with Crippen LogP contribution < -0.4 is 10.6 Å². The SMILES string of the molecule is CC=O.CCCN(C)c1cnc2cc(CN)c(-c3ccc(F)cc3Cl)cn12. The summed E-state index contributed by atoms with van der Waals surface area (Å²) in [4.78, 5) is 15.4. The summed E-state index contributed by atoms with van der Waals surface area (Å²) in [5.41, 5.74) is 9.31. The van der Waals surface area contributed by atoms with Crippen molar-refractivity contribution in [3.8, 4) is 11.1 Å². The van der Waals surface area contributed by atoms with Crippen LogP contribution >= 0.6 is 11.6 Å². The predicted octanol–water partition coefficient (Wildman–Crippen LogP) is 4.30. The third-order valence-electron chi connectivity index (χ3n) is 4.10. The van der Waals surface area contributed by atoms with Gasteiger partial charge < -0.3 is 15.4 Å². The van der Waals surface area contributed by atoms with Crippen LogP contribution in [0.15, 0.2) is 36.7 Å². The molecule has 0 saturated carbocycles. The number of carbonyl (C=O) groups is 1. The molecule has 1 aromatic carbocycles. The molecule has 0 radical (unpaired) electrons. The molecule has 0 unspecified atom stereocenters. The Morgan fingerprint density at radius 2 is 2.04 bits per heavy atom. The number of anilines is 1. The fourth-order valence-electron chi connectivity index (χ4n) is 2.90. The molecule has 3 aromatic rings. The molecule has 7 heteroatoms. The molecule has 0 amide bonds. The summed E-state index contributed by atoms with van der Waals surface area (Å²) in [5, 5.41) is 0.368. The highest BCUT2D eigenvalue weighted by Crippen LogP contribution is 2.32. The minimum absolute atomic E-state index is 0.354. The van der Waals surface area contributed by atoms with Gasteiger partial charge in [-0.05, 0) is 43.2 Å². The smallest absolute Gasteiger partial charge is 0.138 e. The van der Waals surface area contributed by atoms with E-state index in [1.54, 1.807) is 6.07 Å². The van der Waals surface area contributed by atoms with Crippen molar-refractivity contribution in [3.63, 3.8) is 0 Å². The molecule has 0 saturated heterocycles. The van der Waals surface area contributed by atoms with Crippen LogP contribution in [0.3, 0.4) is 0 Å². The van der Waals surface area contributed by atoms with Crippen LogP contribution in [-0.4, -0.2) is 29.3 Å². The molecule has 0 aliphatic carbocycles. The van der Waals surface area contributed by atoms with Crippen molar-refractivity contribution in [2.75, 3.05) is 18.5 Å². The van der Waals surface area contributed by atoms with Crippen LogP contribution in [-0.2, 0) is 11.3 Å². The Hall–Kier alpha value is -2.44. The average Bonchev–Trinajstić information content (AvgIpc) is 3.04. The lowest BCUT2D eigenvalue weighted by atomic mass is 10.0. The highest BCUT2D eigenvalue weighted by Gasteiger charge is 2.14. The normalized spacial score (nSPS) is 10.4. The molecule has 0 spiro atoms. The second-order valence-electron chi connectivity index (χ2n) is 6.04. The number of hydrogen-bond donors (Lipinski definition) is 1. The van der Waals surface area contributed by atoms with Gasteiger partial charge in [-0.25, -0.2) is 9.37 Å². The van der Waals surface area contributed by atoms with E-state index in [-0.39, 0.29) is 5.82 Å². The number of fused-ring (bicyclic) bond motifs is 1. The van der Waals surface area contributed by atoms with E-state index in [4.69, 9.17) is 22.1 Å². The summed E-state index contributed by atoms with van der Waals surface area (Å²) in [7, 11) is 2.04. The van der Waals surface area contributed by atoms with Crippen LogP contribution in [0.5, 0.6) is 0 Å². The lowest BCUT2D eigenvalue weighted by Crippen LogP contribution is -2.19. The molecule has 5 nitrogen and oxygen atoms in total. The number of nitrogens with two attached hydrogens (primary N) is 1. The lowest BCUT2D eigenvalue weighted by molar-refractivity contribution is -0.106. The van der Waals surface area contributed by atoms with Gasteiger partial charge in [0.15, 0.2) is 0 Å². The summed E-state index contributed by atoms with van der Waals surface area (Å²) >= 11 is 6.25. The van der Waals surface area contributed by atoms with E-state index in [0.717, 1.165) is 47.4 Å². The van der Waals surface area contributed by atoms with E-state index < -0.39 is 0 Å². The van der Waals surface area contributed by atoms with Crippen LogP contribution in [0.2, 0.25) is 5.02 Å². The van der Waals surface area contributed by atoms with Crippen molar-refractivity contribution in [1.82, 2.24) is 9.38 Å². The zero-order valence-electron chi connectivity index (χ0n) is 15.7. The lowest BCUT2D eigenvalue weighted by Gasteiger charge is -2.18. The topological polar surface area (TPSA) is 63.6 Å². The number of aldehydes is 1. The van der Waals surface area contributed by atoms with Gasteiger partial charge in [0.25, 0.3) is 0 Å². The van der Waals surface area contributed by atoms with Gasteiger partial charge in [0.05, 0.1) is 11.2 Å². The molecule has 27 heavy (non-hydrogen) atoms. The Kier molecular flexibility index (Phi) is 7.33. The van der Waals surface area contributed by atoms with E-state index in [1.807, 2.05) is 29.9 Å². The standard InChI is InChI=1S/C18H20ClFN4.C2H4O/c1-3-6-23(2)18-10-22-17-7-12(9-21)15(11-24(17)18)14-5-4-13(20)8-16(14)19;1-2-3/h4-5,7-8,10-11H,3,6,9,21H2,1-2H3;2H,1H3. The number of hydrogen-bond acceptors (Lipinski definition) is 4. The number of carbonyl (C=O) groups excluding carboxylic acids is 1. The summed E-state index contributed by atoms with van der Waals surface area (Å²) in [6.07, 6.45) is 5.62. The number of pyridine rings is 1. The van der Waals surface area contributed by atoms with Crippen molar-refractivity contribution in [2.24, 2.45) is 5.73 Å². The third kappa shape index (κ3) is 4.64. The molecular weight excluding hydrogens is 367 g/mol. The van der Waals surface area contributed by atoms with Crippen molar-refractivity contribution in [1.29, 1.82) is 0 Å². The van der Waals surface area contributed by atoms with Crippen molar-refractivity contribution < 1.29 is 9.18 Å². The first kappa shape index (κ1) is 20.9. The maximum absolute atomic E-state index is 13.4. The second-order valence-corrected chi connectivity index (χ2v) is 6.45. The monoisotopic (exact) mass is 390 g/mol. The first-order valence-electron chi connectivity index (χ1n) is 8.73. The third-order valence-corrected chi connectivity index (χ3v) is 4.42. The number of rotatable bonds is 5. The molecule has 0 aliphatic heterocycles. The number of aromatic nitrogens is 2. The Bertz CT molecular complexity index is 926. The number of imidazole rings is 1. The fraction of sp³-hybridized carbons (Fsp3) is 0.300. The summed E-state index contributed by atoms with van der Waals surface area (Å²) in [5.74, 6) is 0.639. The van der Waals surface area contributed by atoms with Gasteiger partial charge in [-0.1, -0.05) is 18.5 Å². The number of nitrogens with zero attached hydrogens (tertiary/aromatic N) is 3. The van der Waals surface area contributed by atoms with Gasteiger partial charge in [-0.3, -0.25) is 4.40 Å². The highest BCUT2D eigenvalue weighted by atomic mass is 35.5. The van der Waals surface area contributed by atoms with Crippen LogP contribution in [0.25, 0.3) is 16.8 Å². The second kappa shape index (κ2) is 9.48. The molecule has 0 aliphatic rings. The molecule has 2 heterocycles. The van der Waals surface area contributed by atoms with E-state index in [2.05, 4.69) is 16.8 Å². The minimum atomic E-state index is -0.356. The predicted molar refractivity (Wildman–Crippen MR) is 109 cm³/mol. The summed E-state index contributed by atoms with van der Waals surface area (Å²) < 4.78 is 15.4. The van der Waals surface area contributed by atoms with E-state index >= 15 is 0 Å². The molecule has 0 fully saturated rings. The molecule has 0 bridgehead atoms. The van der Waals surface area contributed by atoms with Crippen LogP contribution in [0.1, 0.15) is 25.8 Å². The molecule has 2 N–H and O–H groups in total. The fourth-order valence-corrected chi connectivity index (χ4v) is 3.17. The quantitative estimate of drug-likeness (QED) is 0.659. The van der Waals surface area contributed by atoms with Gasteiger partial charge in [-0.15, -0.1) is 0 Å². The van der Waals surface area contributed by atoms with E-state index in [1.165, 1.54) is 19.1 Å². The largest absolute Gasteiger partial charge is 0.359 e. The molecule has 144 valence electrons. The summed E-state index contributed by atoms with van der Waals surface area (Å²) in [6, 6.07) is 6.37. The maximum atomic E-state index is 13.4. The Balaban J connectivity index is 0.000000817. The number of halogens is 2. The van der Waals surface area contributed by atoms with Gasteiger partial charge in [0.2, 0.25) is 0 Å². The zero-order valence-corrected chi connectivity index (χ0v) is 16.5. The van der Waals surface area contributed by atoms with Gasteiger partial charge in [0, 0.05) is 37.5 Å². The highest BCUT2D eigenvalue weighted by molar-refractivity contribution is 6.33. The molecule has 0 atom stereocenters.